The maximum Gasteiger partial charge on any atom is 0.217 e. The molecule has 2 heterocycles. The Morgan fingerprint density at radius 3 is 2.75 bits per heavy atom. The van der Waals surface area contributed by atoms with Crippen LogP contribution in [0.4, 0.5) is 4.39 Å². The second-order valence-electron chi connectivity index (χ2n) is 3.86. The molecule has 0 spiro atoms. The van der Waals surface area contributed by atoms with Crippen molar-refractivity contribution in [3.8, 4) is 0 Å². The summed E-state index contributed by atoms with van der Waals surface area (Å²) in [6, 6.07) is 3.17. The standard InChI is InChI=1S/C11H15FN2O.ClH/c12-11-9(2-1-5-14-11)10(13)8-3-6-15-7-4-8;/h1-2,5,8,10H,3-4,6-7,13H2;1H/t10-;/m0./s1. The van der Waals surface area contributed by atoms with Gasteiger partial charge in [0.1, 0.15) is 0 Å². The molecule has 1 atom stereocenters. The van der Waals surface area contributed by atoms with Gasteiger partial charge in [0.25, 0.3) is 0 Å². The molecular weight excluding hydrogens is 231 g/mol. The van der Waals surface area contributed by atoms with Gasteiger partial charge in [-0.05, 0) is 24.8 Å². The third-order valence-corrected chi connectivity index (χ3v) is 2.92. The maximum absolute atomic E-state index is 13.4. The number of nitrogens with two attached hydrogens (primary N) is 1. The summed E-state index contributed by atoms with van der Waals surface area (Å²) < 4.78 is 18.6. The predicted molar refractivity (Wildman–Crippen MR) is 61.9 cm³/mol. The van der Waals surface area contributed by atoms with E-state index in [4.69, 9.17) is 10.5 Å². The highest BCUT2D eigenvalue weighted by molar-refractivity contribution is 5.85. The minimum atomic E-state index is -0.448. The number of hydrogen-bond acceptors (Lipinski definition) is 3. The molecule has 1 saturated heterocycles. The highest BCUT2D eigenvalue weighted by Crippen LogP contribution is 2.28. The van der Waals surface area contributed by atoms with Gasteiger partial charge in [0, 0.05) is 31.0 Å². The fourth-order valence-corrected chi connectivity index (χ4v) is 1.98. The fraction of sp³-hybridized carbons (Fsp3) is 0.545. The normalized spacial score (nSPS) is 18.9. The molecule has 2 rings (SSSR count). The average molecular weight is 247 g/mol. The van der Waals surface area contributed by atoms with Crippen LogP contribution in [0.1, 0.15) is 24.4 Å². The third-order valence-electron chi connectivity index (χ3n) is 2.92. The van der Waals surface area contributed by atoms with Crippen molar-refractivity contribution < 1.29 is 9.13 Å². The monoisotopic (exact) mass is 246 g/mol. The number of ether oxygens (including phenoxy) is 1. The van der Waals surface area contributed by atoms with E-state index < -0.39 is 5.95 Å². The van der Waals surface area contributed by atoms with E-state index >= 15 is 0 Å². The molecule has 1 aromatic rings. The molecule has 1 aliphatic heterocycles. The summed E-state index contributed by atoms with van der Waals surface area (Å²) in [7, 11) is 0. The molecule has 0 radical (unpaired) electrons. The van der Waals surface area contributed by atoms with Crippen molar-refractivity contribution >= 4 is 12.4 Å². The Morgan fingerprint density at radius 2 is 2.12 bits per heavy atom. The predicted octanol–water partition coefficient (Wildman–Crippen LogP) is 2.07. The first kappa shape index (κ1) is 13.4. The van der Waals surface area contributed by atoms with Crippen LogP contribution in [0.2, 0.25) is 0 Å². The zero-order chi connectivity index (χ0) is 10.7. The second-order valence-corrected chi connectivity index (χ2v) is 3.86. The van der Waals surface area contributed by atoms with Crippen molar-refractivity contribution in [3.63, 3.8) is 0 Å². The van der Waals surface area contributed by atoms with Crippen LogP contribution in [-0.2, 0) is 4.74 Å². The lowest BCUT2D eigenvalue weighted by Gasteiger charge is -2.27. The van der Waals surface area contributed by atoms with Crippen molar-refractivity contribution in [1.82, 2.24) is 4.98 Å². The molecule has 0 saturated carbocycles. The number of halogens is 2. The Morgan fingerprint density at radius 1 is 1.44 bits per heavy atom. The maximum atomic E-state index is 13.4. The summed E-state index contributed by atoms with van der Waals surface area (Å²) in [5.74, 6) is -0.144. The molecule has 0 unspecified atom stereocenters. The lowest BCUT2D eigenvalue weighted by molar-refractivity contribution is 0.0579. The SMILES string of the molecule is Cl.N[C@H](c1cccnc1F)C1CCOCC1. The molecule has 2 N–H and O–H groups in total. The molecule has 3 nitrogen and oxygen atoms in total. The van der Waals surface area contributed by atoms with Crippen LogP contribution in [0.15, 0.2) is 18.3 Å². The number of aromatic nitrogens is 1. The van der Waals surface area contributed by atoms with E-state index in [0.717, 1.165) is 26.1 Å². The van der Waals surface area contributed by atoms with Crippen LogP contribution >= 0.6 is 12.4 Å². The van der Waals surface area contributed by atoms with Crippen molar-refractivity contribution in [2.75, 3.05) is 13.2 Å². The highest BCUT2D eigenvalue weighted by atomic mass is 35.5. The van der Waals surface area contributed by atoms with E-state index in [2.05, 4.69) is 4.98 Å². The fourth-order valence-electron chi connectivity index (χ4n) is 1.98. The van der Waals surface area contributed by atoms with Gasteiger partial charge in [-0.15, -0.1) is 12.4 Å². The first-order valence-corrected chi connectivity index (χ1v) is 5.23. The Kier molecular flexibility index (Phi) is 5.12. The molecule has 0 bridgehead atoms. The van der Waals surface area contributed by atoms with E-state index in [-0.39, 0.29) is 18.4 Å². The van der Waals surface area contributed by atoms with E-state index in [0.29, 0.717) is 11.5 Å². The zero-order valence-electron chi connectivity index (χ0n) is 8.93. The number of rotatable bonds is 2. The summed E-state index contributed by atoms with van der Waals surface area (Å²) in [6.45, 7) is 1.44. The molecule has 0 aliphatic carbocycles. The van der Waals surface area contributed by atoms with Gasteiger partial charge >= 0.3 is 0 Å². The van der Waals surface area contributed by atoms with E-state index in [1.807, 2.05) is 0 Å². The lowest BCUT2D eigenvalue weighted by atomic mass is 9.88. The number of nitrogens with zero attached hydrogens (tertiary/aromatic N) is 1. The first-order valence-electron chi connectivity index (χ1n) is 5.23. The highest BCUT2D eigenvalue weighted by Gasteiger charge is 2.24. The van der Waals surface area contributed by atoms with Crippen molar-refractivity contribution in [3.05, 3.63) is 29.8 Å². The van der Waals surface area contributed by atoms with Gasteiger partial charge in [0.15, 0.2) is 0 Å². The van der Waals surface area contributed by atoms with Crippen LogP contribution < -0.4 is 5.73 Å². The minimum Gasteiger partial charge on any atom is -0.381 e. The summed E-state index contributed by atoms with van der Waals surface area (Å²) in [6.07, 6.45) is 3.24. The van der Waals surface area contributed by atoms with Crippen LogP contribution in [0.25, 0.3) is 0 Å². The molecule has 16 heavy (non-hydrogen) atoms. The second kappa shape index (κ2) is 6.13. The quantitative estimate of drug-likeness (QED) is 0.813. The van der Waals surface area contributed by atoms with Crippen LogP contribution in [0.3, 0.4) is 0 Å². The largest absolute Gasteiger partial charge is 0.381 e. The topological polar surface area (TPSA) is 48.1 Å². The van der Waals surface area contributed by atoms with Crippen LogP contribution in [-0.4, -0.2) is 18.2 Å². The lowest BCUT2D eigenvalue weighted by Crippen LogP contribution is -2.28. The summed E-state index contributed by atoms with van der Waals surface area (Å²) in [4.78, 5) is 3.62. The van der Waals surface area contributed by atoms with Gasteiger partial charge in [-0.3, -0.25) is 0 Å². The Bertz CT molecular complexity index is 332. The summed E-state index contributed by atoms with van der Waals surface area (Å²) in [5, 5.41) is 0. The van der Waals surface area contributed by atoms with Crippen molar-refractivity contribution in [1.29, 1.82) is 0 Å². The molecular formula is C11H16ClFN2O. The average Bonchev–Trinajstić information content (AvgIpc) is 2.30. The number of pyridine rings is 1. The minimum absolute atomic E-state index is 0. The Hall–Kier alpha value is -0.710. The number of hydrogen-bond donors (Lipinski definition) is 1. The Balaban J connectivity index is 0.00000128. The molecule has 0 aromatic carbocycles. The zero-order valence-corrected chi connectivity index (χ0v) is 9.75. The Labute approximate surface area is 101 Å². The van der Waals surface area contributed by atoms with Gasteiger partial charge in [-0.2, -0.15) is 4.39 Å². The van der Waals surface area contributed by atoms with Crippen LogP contribution in [0, 0.1) is 11.9 Å². The van der Waals surface area contributed by atoms with Gasteiger partial charge in [-0.1, -0.05) is 6.07 Å². The molecule has 5 heteroatoms. The van der Waals surface area contributed by atoms with E-state index in [1.54, 1.807) is 12.1 Å². The summed E-state index contributed by atoms with van der Waals surface area (Å²) >= 11 is 0. The van der Waals surface area contributed by atoms with Gasteiger partial charge in [-0.25, -0.2) is 4.98 Å². The molecule has 1 aliphatic rings. The molecule has 1 fully saturated rings. The van der Waals surface area contributed by atoms with Crippen LogP contribution in [0.5, 0.6) is 0 Å². The third kappa shape index (κ3) is 2.90. The summed E-state index contributed by atoms with van der Waals surface area (Å²) in [5.41, 5.74) is 6.55. The smallest absolute Gasteiger partial charge is 0.217 e. The van der Waals surface area contributed by atoms with Crippen molar-refractivity contribution in [2.24, 2.45) is 11.7 Å². The van der Waals surface area contributed by atoms with E-state index in [1.165, 1.54) is 6.20 Å². The van der Waals surface area contributed by atoms with Gasteiger partial charge in [0.05, 0.1) is 0 Å². The first-order chi connectivity index (χ1) is 7.29. The molecule has 90 valence electrons. The van der Waals surface area contributed by atoms with E-state index in [9.17, 15) is 4.39 Å². The van der Waals surface area contributed by atoms with Gasteiger partial charge < -0.3 is 10.5 Å². The molecule has 1 aromatic heterocycles. The molecule has 0 amide bonds. The van der Waals surface area contributed by atoms with Gasteiger partial charge in [0.2, 0.25) is 5.95 Å². The van der Waals surface area contributed by atoms with Crippen molar-refractivity contribution in [2.45, 2.75) is 18.9 Å².